The summed E-state index contributed by atoms with van der Waals surface area (Å²) in [6, 6.07) is 15.8. The van der Waals surface area contributed by atoms with E-state index in [0.717, 1.165) is 74.3 Å². The van der Waals surface area contributed by atoms with Crippen LogP contribution < -0.4 is 4.74 Å². The quantitative estimate of drug-likeness (QED) is 0.573. The number of aromatic nitrogens is 2. The summed E-state index contributed by atoms with van der Waals surface area (Å²) in [5.74, 6) is 1.97. The minimum atomic E-state index is 0.596. The number of ether oxygens (including phenoxy) is 2. The maximum atomic E-state index is 5.94. The van der Waals surface area contributed by atoms with Crippen molar-refractivity contribution in [3.63, 3.8) is 0 Å². The Hall–Kier alpha value is -2.08. The number of morpholine rings is 1. The van der Waals surface area contributed by atoms with Gasteiger partial charge in [0.15, 0.2) is 0 Å². The summed E-state index contributed by atoms with van der Waals surface area (Å²) < 4.78 is 13.6. The van der Waals surface area contributed by atoms with Crippen molar-refractivity contribution < 1.29 is 9.47 Å². The second-order valence-electron chi connectivity index (χ2n) is 7.03. The van der Waals surface area contributed by atoms with Gasteiger partial charge >= 0.3 is 0 Å². The zero-order valence-corrected chi connectivity index (χ0v) is 16.8. The SMILES string of the molecule is Clc1ccc(OCCn2c(CCCN3CCOCC3)nc3ccccc32)cc1. The van der Waals surface area contributed by atoms with Crippen molar-refractivity contribution in [1.82, 2.24) is 14.5 Å². The molecule has 0 atom stereocenters. The highest BCUT2D eigenvalue weighted by molar-refractivity contribution is 6.30. The first-order valence-corrected chi connectivity index (χ1v) is 10.3. The van der Waals surface area contributed by atoms with Gasteiger partial charge in [-0.2, -0.15) is 0 Å². The van der Waals surface area contributed by atoms with Crippen LogP contribution in [0.5, 0.6) is 5.75 Å². The van der Waals surface area contributed by atoms with Gasteiger partial charge in [0.25, 0.3) is 0 Å². The normalized spacial score (nSPS) is 15.2. The highest BCUT2D eigenvalue weighted by atomic mass is 35.5. The third kappa shape index (κ3) is 4.85. The molecule has 3 aromatic rings. The summed E-state index contributed by atoms with van der Waals surface area (Å²) in [6.07, 6.45) is 2.06. The van der Waals surface area contributed by atoms with E-state index in [1.165, 1.54) is 5.52 Å². The Morgan fingerprint density at radius 2 is 1.79 bits per heavy atom. The second-order valence-corrected chi connectivity index (χ2v) is 7.46. The third-order valence-electron chi connectivity index (χ3n) is 5.11. The summed E-state index contributed by atoms with van der Waals surface area (Å²) in [5, 5.41) is 0.718. The van der Waals surface area contributed by atoms with Crippen LogP contribution in [0.3, 0.4) is 0 Å². The number of nitrogens with zero attached hydrogens (tertiary/aromatic N) is 3. The van der Waals surface area contributed by atoms with Crippen molar-refractivity contribution in [2.24, 2.45) is 0 Å². The smallest absolute Gasteiger partial charge is 0.119 e. The van der Waals surface area contributed by atoms with Crippen molar-refractivity contribution in [2.45, 2.75) is 19.4 Å². The van der Waals surface area contributed by atoms with Gasteiger partial charge in [-0.15, -0.1) is 0 Å². The van der Waals surface area contributed by atoms with Gasteiger partial charge in [0.2, 0.25) is 0 Å². The molecule has 0 unspecified atom stereocenters. The molecule has 5 nitrogen and oxygen atoms in total. The fourth-order valence-electron chi connectivity index (χ4n) is 3.64. The van der Waals surface area contributed by atoms with E-state index in [-0.39, 0.29) is 0 Å². The lowest BCUT2D eigenvalue weighted by molar-refractivity contribution is 0.0374. The first kappa shape index (κ1) is 19.2. The van der Waals surface area contributed by atoms with E-state index in [9.17, 15) is 0 Å². The molecule has 0 bridgehead atoms. The Kier molecular flexibility index (Phi) is 6.47. The van der Waals surface area contributed by atoms with Gasteiger partial charge in [-0.05, 0) is 49.4 Å². The van der Waals surface area contributed by atoms with E-state index in [1.54, 1.807) is 0 Å². The number of fused-ring (bicyclic) bond motifs is 1. The molecule has 0 amide bonds. The zero-order valence-electron chi connectivity index (χ0n) is 16.0. The van der Waals surface area contributed by atoms with Crippen molar-refractivity contribution in [2.75, 3.05) is 39.5 Å². The highest BCUT2D eigenvalue weighted by Gasteiger charge is 2.13. The lowest BCUT2D eigenvalue weighted by Crippen LogP contribution is -2.37. The number of halogens is 1. The Morgan fingerprint density at radius 3 is 2.61 bits per heavy atom. The van der Waals surface area contributed by atoms with Crippen LogP contribution in [0.2, 0.25) is 5.02 Å². The van der Waals surface area contributed by atoms with E-state index in [2.05, 4.69) is 27.7 Å². The number of imidazole rings is 1. The van der Waals surface area contributed by atoms with Crippen molar-refractivity contribution >= 4 is 22.6 Å². The van der Waals surface area contributed by atoms with Crippen molar-refractivity contribution in [3.8, 4) is 5.75 Å². The van der Waals surface area contributed by atoms with Crippen LogP contribution in [0.4, 0.5) is 0 Å². The molecule has 1 saturated heterocycles. The summed E-state index contributed by atoms with van der Waals surface area (Å²) >= 11 is 5.94. The van der Waals surface area contributed by atoms with Crippen LogP contribution in [-0.4, -0.2) is 53.9 Å². The lowest BCUT2D eigenvalue weighted by atomic mass is 10.2. The highest BCUT2D eigenvalue weighted by Crippen LogP contribution is 2.19. The fraction of sp³-hybridized carbons (Fsp3) is 0.409. The largest absolute Gasteiger partial charge is 0.492 e. The Morgan fingerprint density at radius 1 is 1.00 bits per heavy atom. The molecule has 28 heavy (non-hydrogen) atoms. The molecule has 1 fully saturated rings. The molecule has 0 saturated carbocycles. The van der Waals surface area contributed by atoms with Gasteiger partial charge in [0.05, 0.1) is 30.8 Å². The number of benzene rings is 2. The molecule has 1 aliphatic rings. The summed E-state index contributed by atoms with van der Waals surface area (Å²) in [5.41, 5.74) is 2.22. The standard InChI is InChI=1S/C22H26ClN3O2/c23-18-7-9-19(10-8-18)28-17-14-26-21-5-2-1-4-20(21)24-22(26)6-3-11-25-12-15-27-16-13-25/h1-2,4-5,7-10H,3,6,11-17H2. The monoisotopic (exact) mass is 399 g/mol. The van der Waals surface area contributed by atoms with Gasteiger partial charge in [-0.25, -0.2) is 4.98 Å². The van der Waals surface area contributed by atoms with Crippen LogP contribution in [0, 0.1) is 0 Å². The molecular formula is C22H26ClN3O2. The number of rotatable bonds is 8. The molecule has 2 aromatic carbocycles. The number of para-hydroxylation sites is 2. The first-order chi connectivity index (χ1) is 13.8. The zero-order chi connectivity index (χ0) is 19.2. The molecule has 4 rings (SSSR count). The summed E-state index contributed by atoms with van der Waals surface area (Å²) in [7, 11) is 0. The van der Waals surface area contributed by atoms with Gasteiger partial charge in [0, 0.05) is 24.5 Å². The Balaban J connectivity index is 1.40. The molecule has 0 spiro atoms. The minimum absolute atomic E-state index is 0.596. The van der Waals surface area contributed by atoms with Gasteiger partial charge < -0.3 is 14.0 Å². The summed E-state index contributed by atoms with van der Waals surface area (Å²) in [6.45, 7) is 6.22. The third-order valence-corrected chi connectivity index (χ3v) is 5.36. The topological polar surface area (TPSA) is 39.5 Å². The molecular weight excluding hydrogens is 374 g/mol. The summed E-state index contributed by atoms with van der Waals surface area (Å²) in [4.78, 5) is 7.35. The molecule has 1 aromatic heterocycles. The van der Waals surface area contributed by atoms with Crippen LogP contribution in [-0.2, 0) is 17.7 Å². The number of hydrogen-bond acceptors (Lipinski definition) is 4. The lowest BCUT2D eigenvalue weighted by Gasteiger charge is -2.26. The van der Waals surface area contributed by atoms with Gasteiger partial charge in [-0.1, -0.05) is 23.7 Å². The van der Waals surface area contributed by atoms with E-state index < -0.39 is 0 Å². The van der Waals surface area contributed by atoms with Crippen LogP contribution in [0.1, 0.15) is 12.2 Å². The Bertz CT molecular complexity index is 888. The van der Waals surface area contributed by atoms with Gasteiger partial charge in [0.1, 0.15) is 18.2 Å². The first-order valence-electron chi connectivity index (χ1n) is 9.92. The predicted molar refractivity (Wildman–Crippen MR) is 112 cm³/mol. The molecule has 148 valence electrons. The fourth-order valence-corrected chi connectivity index (χ4v) is 3.76. The van der Waals surface area contributed by atoms with Gasteiger partial charge in [-0.3, -0.25) is 4.90 Å². The molecule has 0 N–H and O–H groups in total. The average Bonchev–Trinajstić information content (AvgIpc) is 3.08. The van der Waals surface area contributed by atoms with E-state index in [4.69, 9.17) is 26.1 Å². The molecule has 2 heterocycles. The van der Waals surface area contributed by atoms with Crippen LogP contribution in [0.15, 0.2) is 48.5 Å². The Labute approximate surface area is 170 Å². The molecule has 6 heteroatoms. The van der Waals surface area contributed by atoms with Crippen LogP contribution >= 0.6 is 11.6 Å². The maximum Gasteiger partial charge on any atom is 0.119 e. The molecule has 1 aliphatic heterocycles. The van der Waals surface area contributed by atoms with Crippen LogP contribution in [0.25, 0.3) is 11.0 Å². The second kappa shape index (κ2) is 9.41. The average molecular weight is 400 g/mol. The minimum Gasteiger partial charge on any atom is -0.492 e. The van der Waals surface area contributed by atoms with E-state index >= 15 is 0 Å². The predicted octanol–water partition coefficient (Wildman–Crippen LogP) is 4.03. The maximum absolute atomic E-state index is 5.94. The van der Waals surface area contributed by atoms with Crippen molar-refractivity contribution in [3.05, 3.63) is 59.4 Å². The molecule has 0 radical (unpaired) electrons. The van der Waals surface area contributed by atoms with E-state index in [1.807, 2.05) is 30.3 Å². The number of hydrogen-bond donors (Lipinski definition) is 0. The van der Waals surface area contributed by atoms with Crippen molar-refractivity contribution in [1.29, 1.82) is 0 Å². The number of aryl methyl sites for hydroxylation is 1. The van der Waals surface area contributed by atoms with E-state index in [0.29, 0.717) is 6.61 Å². The molecule has 0 aliphatic carbocycles.